The Morgan fingerprint density at radius 2 is 1.81 bits per heavy atom. The number of aromatic nitrogens is 1. The van der Waals surface area contributed by atoms with E-state index >= 15 is 0 Å². The Morgan fingerprint density at radius 3 is 2.48 bits per heavy atom. The third kappa shape index (κ3) is 5.37. The van der Waals surface area contributed by atoms with Crippen molar-refractivity contribution in [3.05, 3.63) is 78.6 Å². The van der Waals surface area contributed by atoms with Gasteiger partial charge in [-0.25, -0.2) is 13.6 Å². The Hall–Kier alpha value is -3.23. The summed E-state index contributed by atoms with van der Waals surface area (Å²) >= 11 is 0. The van der Waals surface area contributed by atoms with Crippen molar-refractivity contribution in [3.8, 4) is 11.5 Å². The SMILES string of the molecule is NS(=O)(=O)c1cc(NC(=O)Cc2cccnc2)cc(Oc2ccccc2)c1. The van der Waals surface area contributed by atoms with Crippen LogP contribution in [0.4, 0.5) is 5.69 Å². The summed E-state index contributed by atoms with van der Waals surface area (Å²) in [6.45, 7) is 0. The minimum atomic E-state index is -3.98. The maximum absolute atomic E-state index is 12.3. The molecule has 1 aromatic heterocycles. The largest absolute Gasteiger partial charge is 0.457 e. The number of nitrogens with two attached hydrogens (primary N) is 1. The van der Waals surface area contributed by atoms with Crippen LogP contribution in [-0.4, -0.2) is 19.3 Å². The highest BCUT2D eigenvalue weighted by molar-refractivity contribution is 7.89. The average Bonchev–Trinajstić information content (AvgIpc) is 2.62. The maximum Gasteiger partial charge on any atom is 0.238 e. The number of benzene rings is 2. The molecule has 0 fully saturated rings. The summed E-state index contributed by atoms with van der Waals surface area (Å²) in [7, 11) is -3.98. The molecular formula is C19H17N3O4S. The minimum absolute atomic E-state index is 0.0995. The van der Waals surface area contributed by atoms with E-state index in [0.29, 0.717) is 5.75 Å². The minimum Gasteiger partial charge on any atom is -0.457 e. The number of amides is 1. The van der Waals surface area contributed by atoms with Gasteiger partial charge < -0.3 is 10.1 Å². The number of para-hydroxylation sites is 1. The van der Waals surface area contributed by atoms with Crippen LogP contribution < -0.4 is 15.2 Å². The van der Waals surface area contributed by atoms with E-state index in [2.05, 4.69) is 10.3 Å². The van der Waals surface area contributed by atoms with Gasteiger partial charge in [0.2, 0.25) is 15.9 Å². The number of nitrogens with one attached hydrogen (secondary N) is 1. The van der Waals surface area contributed by atoms with Crippen molar-refractivity contribution in [2.45, 2.75) is 11.3 Å². The molecule has 0 saturated heterocycles. The van der Waals surface area contributed by atoms with Crippen molar-refractivity contribution >= 4 is 21.6 Å². The number of hydrogen-bond donors (Lipinski definition) is 2. The van der Waals surface area contributed by atoms with Crippen LogP contribution >= 0.6 is 0 Å². The van der Waals surface area contributed by atoms with Gasteiger partial charge in [-0.05, 0) is 29.8 Å². The molecule has 0 aliphatic rings. The van der Waals surface area contributed by atoms with Crippen molar-refractivity contribution in [1.29, 1.82) is 0 Å². The van der Waals surface area contributed by atoms with Gasteiger partial charge in [-0.3, -0.25) is 9.78 Å². The molecule has 27 heavy (non-hydrogen) atoms. The van der Waals surface area contributed by atoms with Crippen LogP contribution in [-0.2, 0) is 21.2 Å². The normalized spacial score (nSPS) is 11.0. The molecule has 0 spiro atoms. The summed E-state index contributed by atoms with van der Waals surface area (Å²) in [6, 6.07) is 16.5. The molecule has 138 valence electrons. The Kier molecular flexibility index (Phi) is 5.49. The molecule has 3 N–H and O–H groups in total. The van der Waals surface area contributed by atoms with Crippen LogP contribution in [0.1, 0.15) is 5.56 Å². The summed E-state index contributed by atoms with van der Waals surface area (Å²) in [5.41, 5.74) is 1.000. The van der Waals surface area contributed by atoms with E-state index in [1.54, 1.807) is 48.8 Å². The molecule has 0 aliphatic carbocycles. The van der Waals surface area contributed by atoms with Crippen molar-refractivity contribution in [3.63, 3.8) is 0 Å². The number of sulfonamides is 1. The van der Waals surface area contributed by atoms with Gasteiger partial charge in [0.05, 0.1) is 11.3 Å². The fourth-order valence-corrected chi connectivity index (χ4v) is 2.96. The van der Waals surface area contributed by atoms with Crippen LogP contribution in [0, 0.1) is 0 Å². The van der Waals surface area contributed by atoms with Gasteiger partial charge in [0.15, 0.2) is 0 Å². The van der Waals surface area contributed by atoms with Crippen LogP contribution in [0.15, 0.2) is 78.0 Å². The molecule has 2 aromatic carbocycles. The predicted molar refractivity (Wildman–Crippen MR) is 101 cm³/mol. The van der Waals surface area contributed by atoms with E-state index < -0.39 is 10.0 Å². The number of pyridine rings is 1. The molecule has 0 unspecified atom stereocenters. The second-order valence-electron chi connectivity index (χ2n) is 5.74. The highest BCUT2D eigenvalue weighted by atomic mass is 32.2. The van der Waals surface area contributed by atoms with Gasteiger partial charge in [0.1, 0.15) is 11.5 Å². The molecule has 3 aromatic rings. The number of primary sulfonamides is 1. The molecule has 0 bridgehead atoms. The lowest BCUT2D eigenvalue weighted by Crippen LogP contribution is -2.16. The van der Waals surface area contributed by atoms with Gasteiger partial charge in [0.25, 0.3) is 0 Å². The third-order valence-corrected chi connectivity index (χ3v) is 4.45. The van der Waals surface area contributed by atoms with Crippen molar-refractivity contribution in [2.75, 3.05) is 5.32 Å². The lowest BCUT2D eigenvalue weighted by Gasteiger charge is -2.11. The Morgan fingerprint density at radius 1 is 1.04 bits per heavy atom. The maximum atomic E-state index is 12.3. The number of hydrogen-bond acceptors (Lipinski definition) is 5. The summed E-state index contributed by atoms with van der Waals surface area (Å²) in [5, 5.41) is 7.90. The molecule has 3 rings (SSSR count). The molecule has 7 nitrogen and oxygen atoms in total. The number of ether oxygens (including phenoxy) is 1. The quantitative estimate of drug-likeness (QED) is 0.680. The lowest BCUT2D eigenvalue weighted by molar-refractivity contribution is -0.115. The van der Waals surface area contributed by atoms with Gasteiger partial charge in [-0.2, -0.15) is 0 Å². The zero-order valence-corrected chi connectivity index (χ0v) is 15.0. The first-order valence-corrected chi connectivity index (χ1v) is 9.54. The topological polar surface area (TPSA) is 111 Å². The molecule has 0 saturated carbocycles. The zero-order valence-electron chi connectivity index (χ0n) is 14.2. The first-order valence-electron chi connectivity index (χ1n) is 8.00. The molecule has 0 aliphatic heterocycles. The van der Waals surface area contributed by atoms with Crippen molar-refractivity contribution in [1.82, 2.24) is 4.98 Å². The standard InChI is InChI=1S/C19H17N3O4S/c20-27(24,25)18-11-15(22-19(23)9-14-5-4-8-21-13-14)10-17(12-18)26-16-6-2-1-3-7-16/h1-8,10-13H,9H2,(H,22,23)(H2,20,24,25). The Bertz CT molecular complexity index is 1040. The molecular weight excluding hydrogens is 366 g/mol. The first-order chi connectivity index (χ1) is 12.9. The Labute approximate surface area is 156 Å². The van der Waals surface area contributed by atoms with Gasteiger partial charge in [-0.1, -0.05) is 24.3 Å². The van der Waals surface area contributed by atoms with E-state index in [9.17, 15) is 13.2 Å². The lowest BCUT2D eigenvalue weighted by atomic mass is 10.2. The second-order valence-corrected chi connectivity index (χ2v) is 7.30. The van der Waals surface area contributed by atoms with Gasteiger partial charge in [0, 0.05) is 30.2 Å². The monoisotopic (exact) mass is 383 g/mol. The van der Waals surface area contributed by atoms with E-state index in [0.717, 1.165) is 5.56 Å². The molecule has 1 heterocycles. The predicted octanol–water partition coefficient (Wildman–Crippen LogP) is 2.70. The van der Waals surface area contributed by atoms with Crippen LogP contribution in [0.25, 0.3) is 0 Å². The zero-order chi connectivity index (χ0) is 19.3. The molecule has 8 heteroatoms. The smallest absolute Gasteiger partial charge is 0.238 e. The summed E-state index contributed by atoms with van der Waals surface area (Å²) in [4.78, 5) is 16.0. The highest BCUT2D eigenvalue weighted by Gasteiger charge is 2.14. The number of carbonyl (C=O) groups is 1. The van der Waals surface area contributed by atoms with Crippen molar-refractivity contribution < 1.29 is 17.9 Å². The number of anilines is 1. The summed E-state index contributed by atoms with van der Waals surface area (Å²) in [6.07, 6.45) is 3.30. The van der Waals surface area contributed by atoms with E-state index in [-0.39, 0.29) is 28.7 Å². The van der Waals surface area contributed by atoms with E-state index in [4.69, 9.17) is 9.88 Å². The first kappa shape index (κ1) is 18.6. The third-order valence-electron chi connectivity index (χ3n) is 3.56. The number of nitrogens with zero attached hydrogens (tertiary/aromatic N) is 1. The van der Waals surface area contributed by atoms with Crippen LogP contribution in [0.2, 0.25) is 0 Å². The summed E-state index contributed by atoms with van der Waals surface area (Å²) in [5.74, 6) is 0.446. The Balaban J connectivity index is 1.85. The van der Waals surface area contributed by atoms with Gasteiger partial charge >= 0.3 is 0 Å². The highest BCUT2D eigenvalue weighted by Crippen LogP contribution is 2.28. The van der Waals surface area contributed by atoms with Crippen LogP contribution in [0.3, 0.4) is 0 Å². The number of rotatable bonds is 6. The second kappa shape index (κ2) is 7.98. The fourth-order valence-electron chi connectivity index (χ4n) is 2.38. The van der Waals surface area contributed by atoms with Crippen molar-refractivity contribution in [2.24, 2.45) is 5.14 Å². The van der Waals surface area contributed by atoms with Gasteiger partial charge in [-0.15, -0.1) is 0 Å². The number of carbonyl (C=O) groups excluding carboxylic acids is 1. The molecule has 0 atom stereocenters. The molecule has 0 radical (unpaired) electrons. The van der Waals surface area contributed by atoms with Crippen LogP contribution in [0.5, 0.6) is 11.5 Å². The summed E-state index contributed by atoms with van der Waals surface area (Å²) < 4.78 is 29.2. The van der Waals surface area contributed by atoms with E-state index in [1.807, 2.05) is 6.07 Å². The average molecular weight is 383 g/mol. The fraction of sp³-hybridized carbons (Fsp3) is 0.0526. The molecule has 1 amide bonds. The van der Waals surface area contributed by atoms with E-state index in [1.165, 1.54) is 18.2 Å².